The van der Waals surface area contributed by atoms with Gasteiger partial charge in [0.25, 0.3) is 0 Å². The minimum absolute atomic E-state index is 0.524. The summed E-state index contributed by atoms with van der Waals surface area (Å²) in [6.07, 6.45) is 0. The van der Waals surface area contributed by atoms with Gasteiger partial charge in [0, 0.05) is 19.3 Å². The number of hydrogen-bond donors (Lipinski definition) is 2. The van der Waals surface area contributed by atoms with E-state index in [1.807, 2.05) is 0 Å². The summed E-state index contributed by atoms with van der Waals surface area (Å²) in [5.41, 5.74) is 5.99. The Kier molecular flexibility index (Phi) is 2.50. The number of nitrogens with one attached hydrogen (secondary N) is 1. The summed E-state index contributed by atoms with van der Waals surface area (Å²) < 4.78 is 0. The molecule has 0 saturated heterocycles. The van der Waals surface area contributed by atoms with Gasteiger partial charge in [-0.25, -0.2) is 0 Å². The van der Waals surface area contributed by atoms with Crippen LogP contribution in [0.5, 0.6) is 0 Å². The van der Waals surface area contributed by atoms with Gasteiger partial charge in [0.15, 0.2) is 0 Å². The highest BCUT2D eigenvalue weighted by Gasteiger charge is 1.75. The van der Waals surface area contributed by atoms with Crippen LogP contribution in [0.2, 0.25) is 0 Å². The minimum atomic E-state index is 0.524. The third-order valence-electron chi connectivity index (χ3n) is 0.600. The van der Waals surface area contributed by atoms with Crippen molar-refractivity contribution in [3.63, 3.8) is 0 Å². The molecule has 0 saturated carbocycles. The predicted molar refractivity (Wildman–Crippen MR) is 27.3 cm³/mol. The monoisotopic (exact) mass is 86.1 g/mol. The molecule has 0 radical (unpaired) electrons. The summed E-state index contributed by atoms with van der Waals surface area (Å²) in [6, 6.07) is 0. The summed E-state index contributed by atoms with van der Waals surface area (Å²) in [7, 11) is 1.80. The second-order valence-electron chi connectivity index (χ2n) is 1.06. The zero-order valence-electron chi connectivity index (χ0n) is 3.99. The highest BCUT2D eigenvalue weighted by Crippen LogP contribution is 1.68. The molecule has 0 aliphatic rings. The van der Waals surface area contributed by atoms with Gasteiger partial charge in [0.1, 0.15) is 0 Å². The van der Waals surface area contributed by atoms with Crippen LogP contribution < -0.4 is 11.1 Å². The first-order valence-corrected chi connectivity index (χ1v) is 1.87. The molecule has 0 aliphatic carbocycles. The van der Waals surface area contributed by atoms with Gasteiger partial charge in [-0.05, 0) is 0 Å². The maximum atomic E-state index is 5.12. The molecule has 3 N–H and O–H groups in total. The van der Waals surface area contributed by atoms with Crippen molar-refractivity contribution >= 4 is 0 Å². The second-order valence-corrected chi connectivity index (χ2v) is 1.06. The summed E-state index contributed by atoms with van der Waals surface area (Å²) in [5.74, 6) is 0. The third kappa shape index (κ3) is 1.79. The number of hydrogen-bond acceptors (Lipinski definition) is 2. The Morgan fingerprint density at radius 3 is 2.50 bits per heavy atom. The highest BCUT2D eigenvalue weighted by molar-refractivity contribution is 4.89. The fourth-order valence-corrected chi connectivity index (χ4v) is 0.102. The smallest absolute Gasteiger partial charge is 0.0322 e. The van der Waals surface area contributed by atoms with Crippen molar-refractivity contribution in [2.45, 2.75) is 0 Å². The van der Waals surface area contributed by atoms with Crippen molar-refractivity contribution in [1.29, 1.82) is 0 Å². The first-order valence-electron chi connectivity index (χ1n) is 1.87. The molecular formula is C4H10N2. The Balaban J connectivity index is 2.99. The predicted octanol–water partition coefficient (Wildman–Crippen LogP) is -0.322. The van der Waals surface area contributed by atoms with E-state index in [4.69, 9.17) is 5.73 Å². The molecule has 0 fully saturated rings. The molecule has 0 rings (SSSR count). The van der Waals surface area contributed by atoms with Crippen LogP contribution in [0.4, 0.5) is 0 Å². The molecule has 0 atom stereocenters. The van der Waals surface area contributed by atoms with Crippen LogP contribution in [0.25, 0.3) is 0 Å². The summed E-state index contributed by atoms with van der Waals surface area (Å²) >= 11 is 0. The SMILES string of the molecule is C=C(CN)NC. The van der Waals surface area contributed by atoms with Gasteiger partial charge in [-0.2, -0.15) is 0 Å². The average Bonchev–Trinajstić information content (AvgIpc) is 1.65. The zero-order valence-corrected chi connectivity index (χ0v) is 3.99. The second kappa shape index (κ2) is 2.72. The quantitative estimate of drug-likeness (QED) is 0.483. The van der Waals surface area contributed by atoms with E-state index < -0.39 is 0 Å². The van der Waals surface area contributed by atoms with E-state index in [9.17, 15) is 0 Å². The van der Waals surface area contributed by atoms with E-state index in [0.717, 1.165) is 5.70 Å². The maximum absolute atomic E-state index is 5.12. The molecule has 2 nitrogen and oxygen atoms in total. The highest BCUT2D eigenvalue weighted by atomic mass is 14.8. The Labute approximate surface area is 38.0 Å². The Hall–Kier alpha value is -0.500. The van der Waals surface area contributed by atoms with Crippen LogP contribution >= 0.6 is 0 Å². The zero-order chi connectivity index (χ0) is 4.99. The van der Waals surface area contributed by atoms with Crippen LogP contribution in [0.15, 0.2) is 12.3 Å². The van der Waals surface area contributed by atoms with Gasteiger partial charge in [-0.3, -0.25) is 0 Å². The van der Waals surface area contributed by atoms with Crippen LogP contribution in [0, 0.1) is 0 Å². The fourth-order valence-electron chi connectivity index (χ4n) is 0.102. The van der Waals surface area contributed by atoms with Crippen molar-refractivity contribution in [2.24, 2.45) is 5.73 Å². The lowest BCUT2D eigenvalue weighted by Crippen LogP contribution is -2.13. The molecule has 0 spiro atoms. The normalized spacial score (nSPS) is 7.67. The first-order chi connectivity index (χ1) is 2.81. The molecular weight excluding hydrogens is 76.1 g/mol. The molecule has 36 valence electrons. The third-order valence-corrected chi connectivity index (χ3v) is 0.600. The number of rotatable bonds is 2. The van der Waals surface area contributed by atoms with E-state index in [1.165, 1.54) is 0 Å². The maximum Gasteiger partial charge on any atom is 0.0322 e. The standard InChI is InChI=1S/C4H10N2/c1-4(3-5)6-2/h6H,1,3,5H2,2H3. The van der Waals surface area contributed by atoms with Gasteiger partial charge in [0.05, 0.1) is 0 Å². The van der Waals surface area contributed by atoms with E-state index in [0.29, 0.717) is 6.54 Å². The van der Waals surface area contributed by atoms with Gasteiger partial charge >= 0.3 is 0 Å². The van der Waals surface area contributed by atoms with Gasteiger partial charge in [-0.1, -0.05) is 6.58 Å². The van der Waals surface area contributed by atoms with E-state index in [-0.39, 0.29) is 0 Å². The average molecular weight is 86.1 g/mol. The van der Waals surface area contributed by atoms with Gasteiger partial charge < -0.3 is 11.1 Å². The molecule has 6 heavy (non-hydrogen) atoms. The largest absolute Gasteiger partial charge is 0.391 e. The van der Waals surface area contributed by atoms with Crippen molar-refractivity contribution in [1.82, 2.24) is 5.32 Å². The number of nitrogens with two attached hydrogens (primary N) is 1. The molecule has 0 aromatic carbocycles. The molecule has 0 amide bonds. The molecule has 0 aromatic rings. The molecule has 0 aromatic heterocycles. The van der Waals surface area contributed by atoms with Crippen LogP contribution in [-0.4, -0.2) is 13.6 Å². The van der Waals surface area contributed by atoms with Crippen molar-refractivity contribution in [2.75, 3.05) is 13.6 Å². The summed E-state index contributed by atoms with van der Waals surface area (Å²) in [5, 5.41) is 2.80. The Bertz CT molecular complexity index is 43.5. The van der Waals surface area contributed by atoms with Gasteiger partial charge in [-0.15, -0.1) is 0 Å². The molecule has 0 heterocycles. The Morgan fingerprint density at radius 1 is 2.00 bits per heavy atom. The Morgan fingerprint density at radius 2 is 2.50 bits per heavy atom. The van der Waals surface area contributed by atoms with Crippen LogP contribution in [0.1, 0.15) is 0 Å². The lowest BCUT2D eigenvalue weighted by molar-refractivity contribution is 0.934. The molecule has 0 bridgehead atoms. The van der Waals surface area contributed by atoms with E-state index in [2.05, 4.69) is 11.9 Å². The van der Waals surface area contributed by atoms with Crippen LogP contribution in [0.3, 0.4) is 0 Å². The van der Waals surface area contributed by atoms with Crippen molar-refractivity contribution < 1.29 is 0 Å². The van der Waals surface area contributed by atoms with E-state index >= 15 is 0 Å². The summed E-state index contributed by atoms with van der Waals surface area (Å²) in [4.78, 5) is 0. The van der Waals surface area contributed by atoms with Crippen LogP contribution in [-0.2, 0) is 0 Å². The van der Waals surface area contributed by atoms with E-state index in [1.54, 1.807) is 7.05 Å². The molecule has 0 unspecified atom stereocenters. The number of likely N-dealkylation sites (N-methyl/N-ethyl adjacent to an activating group) is 1. The summed E-state index contributed by atoms with van der Waals surface area (Å²) in [6.45, 7) is 4.08. The van der Waals surface area contributed by atoms with Crippen molar-refractivity contribution in [3.8, 4) is 0 Å². The lowest BCUT2D eigenvalue weighted by atomic mass is 10.5. The minimum Gasteiger partial charge on any atom is -0.391 e. The van der Waals surface area contributed by atoms with Gasteiger partial charge in [0.2, 0.25) is 0 Å². The first kappa shape index (κ1) is 5.50. The fraction of sp³-hybridized carbons (Fsp3) is 0.500. The molecule has 0 aliphatic heterocycles. The topological polar surface area (TPSA) is 38.0 Å². The van der Waals surface area contributed by atoms with Crippen molar-refractivity contribution in [3.05, 3.63) is 12.3 Å². The molecule has 2 heteroatoms. The lowest BCUT2D eigenvalue weighted by Gasteiger charge is -1.94.